The topological polar surface area (TPSA) is 80.5 Å². The Morgan fingerprint density at radius 3 is 2.50 bits per heavy atom. The molecule has 0 aliphatic carbocycles. The zero-order valence-electron chi connectivity index (χ0n) is 16.6. The summed E-state index contributed by atoms with van der Waals surface area (Å²) in [6.07, 6.45) is -4.62. The third-order valence-electron chi connectivity index (χ3n) is 5.20. The van der Waals surface area contributed by atoms with Crippen LogP contribution in [0.1, 0.15) is 16.2 Å². The van der Waals surface area contributed by atoms with Gasteiger partial charge in [0.15, 0.2) is 11.4 Å². The Labute approximate surface area is 179 Å². The molecule has 32 heavy (non-hydrogen) atoms. The molecule has 7 nitrogen and oxygen atoms in total. The molecule has 0 spiro atoms. The lowest BCUT2D eigenvalue weighted by Crippen LogP contribution is -2.37. The number of hydrogen-bond acceptors (Lipinski definition) is 6. The largest absolute Gasteiger partial charge is 0.450 e. The van der Waals surface area contributed by atoms with E-state index in [1.54, 1.807) is 12.1 Å². The Morgan fingerprint density at radius 1 is 1.00 bits per heavy atom. The summed E-state index contributed by atoms with van der Waals surface area (Å²) in [5, 5.41) is 3.00. The summed E-state index contributed by atoms with van der Waals surface area (Å²) in [5.74, 6) is -0.685. The standard InChI is InChI=1S/C22H17F3N4O3/c23-22(24,25)14-6-2-3-7-15(14)26-21(30)19-27-17-13-5-1-4-8-16(13)32-18(17)20(28-19)29-9-11-31-12-10-29/h1-8H,9-12H2,(H,26,30). The van der Waals surface area contributed by atoms with Gasteiger partial charge in [0.2, 0.25) is 5.82 Å². The number of benzene rings is 2. The van der Waals surface area contributed by atoms with E-state index in [1.165, 1.54) is 18.2 Å². The minimum Gasteiger partial charge on any atom is -0.450 e. The molecule has 0 saturated carbocycles. The highest BCUT2D eigenvalue weighted by Gasteiger charge is 2.34. The van der Waals surface area contributed by atoms with Crippen LogP contribution in [0, 0.1) is 0 Å². The van der Waals surface area contributed by atoms with E-state index >= 15 is 0 Å². The van der Waals surface area contributed by atoms with Crippen LogP contribution in [0.5, 0.6) is 0 Å². The molecule has 0 bridgehead atoms. The average molecular weight is 442 g/mol. The molecule has 5 rings (SSSR count). The number of aromatic nitrogens is 2. The lowest BCUT2D eigenvalue weighted by atomic mass is 10.1. The summed E-state index contributed by atoms with van der Waals surface area (Å²) in [6.45, 7) is 2.01. The zero-order chi connectivity index (χ0) is 22.3. The molecule has 1 N–H and O–H groups in total. The van der Waals surface area contributed by atoms with Crippen LogP contribution in [0.4, 0.5) is 24.7 Å². The first-order chi connectivity index (χ1) is 15.4. The fourth-order valence-corrected chi connectivity index (χ4v) is 3.68. The lowest BCUT2D eigenvalue weighted by Gasteiger charge is -2.27. The molecule has 1 saturated heterocycles. The van der Waals surface area contributed by atoms with Crippen molar-refractivity contribution in [3.63, 3.8) is 0 Å². The Kier molecular flexibility index (Phi) is 4.93. The minimum atomic E-state index is -4.62. The van der Waals surface area contributed by atoms with Gasteiger partial charge in [0, 0.05) is 18.5 Å². The second kappa shape index (κ2) is 7.79. The zero-order valence-corrected chi connectivity index (χ0v) is 16.6. The maximum absolute atomic E-state index is 13.3. The van der Waals surface area contributed by atoms with Gasteiger partial charge >= 0.3 is 6.18 Å². The van der Waals surface area contributed by atoms with Crippen molar-refractivity contribution in [3.8, 4) is 0 Å². The number of nitrogens with zero attached hydrogens (tertiary/aromatic N) is 3. The Bertz CT molecular complexity index is 1310. The van der Waals surface area contributed by atoms with Crippen LogP contribution < -0.4 is 10.2 Å². The van der Waals surface area contributed by atoms with Gasteiger partial charge in [-0.2, -0.15) is 13.2 Å². The molecule has 1 fully saturated rings. The van der Waals surface area contributed by atoms with Crippen LogP contribution in [0.25, 0.3) is 22.1 Å². The molecule has 1 aliphatic heterocycles. The van der Waals surface area contributed by atoms with Gasteiger partial charge in [-0.1, -0.05) is 24.3 Å². The maximum atomic E-state index is 13.3. The Hall–Kier alpha value is -3.66. The maximum Gasteiger partial charge on any atom is 0.418 e. The van der Waals surface area contributed by atoms with E-state index in [0.29, 0.717) is 54.2 Å². The highest BCUT2D eigenvalue weighted by atomic mass is 19.4. The SMILES string of the molecule is O=C(Nc1ccccc1C(F)(F)F)c1nc(N2CCOCC2)c2oc3ccccc3c2n1. The molecule has 3 heterocycles. The van der Waals surface area contributed by atoms with Gasteiger partial charge in [0.25, 0.3) is 5.91 Å². The van der Waals surface area contributed by atoms with Gasteiger partial charge < -0.3 is 19.4 Å². The number of fused-ring (bicyclic) bond motifs is 3. The lowest BCUT2D eigenvalue weighted by molar-refractivity contribution is -0.136. The number of carbonyl (C=O) groups excluding carboxylic acids is 1. The number of alkyl halides is 3. The molecular weight excluding hydrogens is 425 g/mol. The number of halogens is 3. The van der Waals surface area contributed by atoms with Gasteiger partial charge in [-0.3, -0.25) is 4.79 Å². The van der Waals surface area contributed by atoms with E-state index in [1.807, 2.05) is 17.0 Å². The van der Waals surface area contributed by atoms with Crippen LogP contribution in [-0.4, -0.2) is 42.2 Å². The smallest absolute Gasteiger partial charge is 0.418 e. The highest BCUT2D eigenvalue weighted by molar-refractivity contribution is 6.09. The van der Waals surface area contributed by atoms with Crippen LogP contribution in [0.3, 0.4) is 0 Å². The minimum absolute atomic E-state index is 0.248. The van der Waals surface area contributed by atoms with E-state index in [9.17, 15) is 18.0 Å². The van der Waals surface area contributed by atoms with Crippen molar-refractivity contribution in [1.29, 1.82) is 0 Å². The Balaban J connectivity index is 1.61. The van der Waals surface area contributed by atoms with Crippen LogP contribution in [-0.2, 0) is 10.9 Å². The number of morpholine rings is 1. The van der Waals surface area contributed by atoms with Gasteiger partial charge in [-0.05, 0) is 24.3 Å². The van der Waals surface area contributed by atoms with Gasteiger partial charge in [0.05, 0.1) is 24.5 Å². The van der Waals surface area contributed by atoms with E-state index in [2.05, 4.69) is 15.3 Å². The highest BCUT2D eigenvalue weighted by Crippen LogP contribution is 2.36. The van der Waals surface area contributed by atoms with Crippen LogP contribution in [0.2, 0.25) is 0 Å². The first-order valence-electron chi connectivity index (χ1n) is 9.91. The van der Waals surface area contributed by atoms with Crippen molar-refractivity contribution in [2.24, 2.45) is 0 Å². The molecule has 0 unspecified atom stereocenters. The first kappa shape index (κ1) is 20.3. The molecule has 10 heteroatoms. The van der Waals surface area contributed by atoms with Crippen molar-refractivity contribution in [3.05, 3.63) is 59.9 Å². The molecule has 2 aromatic carbocycles. The van der Waals surface area contributed by atoms with Crippen molar-refractivity contribution in [2.75, 3.05) is 36.5 Å². The summed E-state index contributed by atoms with van der Waals surface area (Å²) in [7, 11) is 0. The summed E-state index contributed by atoms with van der Waals surface area (Å²) in [5.41, 5.74) is 0.105. The third kappa shape index (κ3) is 3.62. The number of hydrogen-bond donors (Lipinski definition) is 1. The van der Waals surface area contributed by atoms with Gasteiger partial charge in [-0.15, -0.1) is 0 Å². The first-order valence-corrected chi connectivity index (χ1v) is 9.91. The second-order valence-electron chi connectivity index (χ2n) is 7.24. The van der Waals surface area contributed by atoms with E-state index in [0.717, 1.165) is 6.07 Å². The quantitative estimate of drug-likeness (QED) is 0.504. The fraction of sp³-hybridized carbons (Fsp3) is 0.227. The third-order valence-corrected chi connectivity index (χ3v) is 5.20. The number of anilines is 2. The molecule has 164 valence electrons. The monoisotopic (exact) mass is 442 g/mol. The summed E-state index contributed by atoms with van der Waals surface area (Å²) < 4.78 is 51.4. The predicted molar refractivity (Wildman–Crippen MR) is 112 cm³/mol. The van der Waals surface area contributed by atoms with E-state index in [-0.39, 0.29) is 11.5 Å². The number of amides is 1. The van der Waals surface area contributed by atoms with Crippen molar-refractivity contribution in [2.45, 2.75) is 6.18 Å². The number of nitrogens with one attached hydrogen (secondary N) is 1. The summed E-state index contributed by atoms with van der Waals surface area (Å²) in [6, 6.07) is 12.0. The number of furan rings is 1. The second-order valence-corrected chi connectivity index (χ2v) is 7.24. The molecule has 0 atom stereocenters. The van der Waals surface area contributed by atoms with Crippen molar-refractivity contribution >= 4 is 39.5 Å². The van der Waals surface area contributed by atoms with Crippen LogP contribution >= 0.6 is 0 Å². The summed E-state index contributed by atoms with van der Waals surface area (Å²) in [4.78, 5) is 23.6. The molecule has 1 amide bonds. The molecule has 1 aliphatic rings. The summed E-state index contributed by atoms with van der Waals surface area (Å²) >= 11 is 0. The normalized spacial score (nSPS) is 14.8. The van der Waals surface area contributed by atoms with E-state index in [4.69, 9.17) is 9.15 Å². The average Bonchev–Trinajstić information content (AvgIpc) is 3.17. The number of ether oxygens (including phenoxy) is 1. The van der Waals surface area contributed by atoms with E-state index < -0.39 is 17.6 Å². The Morgan fingerprint density at radius 2 is 1.72 bits per heavy atom. The van der Waals surface area contributed by atoms with Gasteiger partial charge in [0.1, 0.15) is 11.1 Å². The molecule has 0 radical (unpaired) electrons. The van der Waals surface area contributed by atoms with Crippen molar-refractivity contribution < 1.29 is 27.1 Å². The fourth-order valence-electron chi connectivity index (χ4n) is 3.68. The van der Waals surface area contributed by atoms with Crippen LogP contribution in [0.15, 0.2) is 52.9 Å². The van der Waals surface area contributed by atoms with Crippen molar-refractivity contribution in [1.82, 2.24) is 9.97 Å². The number of carbonyl (C=O) groups is 1. The molecule has 4 aromatic rings. The molecular formula is C22H17F3N4O3. The molecule has 2 aromatic heterocycles. The predicted octanol–water partition coefficient (Wildman–Crippen LogP) is 4.48. The van der Waals surface area contributed by atoms with Gasteiger partial charge in [-0.25, -0.2) is 9.97 Å². The number of para-hydroxylation sites is 2. The number of rotatable bonds is 3.